The lowest BCUT2D eigenvalue weighted by Crippen LogP contribution is -2.35. The molecule has 0 atom stereocenters. The summed E-state index contributed by atoms with van der Waals surface area (Å²) in [4.78, 5) is 28.3. The third-order valence-corrected chi connectivity index (χ3v) is 7.22. The van der Waals surface area contributed by atoms with E-state index in [9.17, 15) is 23.3 Å². The number of anilines is 1. The van der Waals surface area contributed by atoms with Crippen LogP contribution in [0.1, 0.15) is 24.8 Å². The average Bonchev–Trinajstić information content (AvgIpc) is 3.35. The molecule has 2 aliphatic rings. The summed E-state index contributed by atoms with van der Waals surface area (Å²) in [5, 5.41) is 10.7. The molecule has 1 aromatic heterocycles. The lowest BCUT2D eigenvalue weighted by Gasteiger charge is -2.26. The fraction of sp³-hybridized carbons (Fsp3) is 0.444. The molecule has 0 unspecified atom stereocenters. The highest BCUT2D eigenvalue weighted by Crippen LogP contribution is 2.32. The molecule has 11 heteroatoms. The van der Waals surface area contributed by atoms with E-state index in [1.165, 1.54) is 21.4 Å². The van der Waals surface area contributed by atoms with Crippen molar-refractivity contribution in [1.82, 2.24) is 13.9 Å². The number of carbonyl (C=O) groups is 1. The second-order valence-electron chi connectivity index (χ2n) is 7.21. The van der Waals surface area contributed by atoms with Crippen molar-refractivity contribution in [3.63, 3.8) is 0 Å². The van der Waals surface area contributed by atoms with E-state index in [0.29, 0.717) is 31.7 Å². The molecule has 154 valence electrons. The number of piperidine rings is 1. The van der Waals surface area contributed by atoms with Gasteiger partial charge in [0.05, 0.1) is 4.90 Å². The molecule has 10 nitrogen and oxygen atoms in total. The zero-order valence-electron chi connectivity index (χ0n) is 15.7. The SMILES string of the molecule is O=C(Cn1cnc([N+](=O)[O-])c1)N1CCc2cc(S(=O)(=O)N3CCCCC3)ccc21. The molecular weight excluding hydrogens is 398 g/mol. The number of hydrogen-bond acceptors (Lipinski definition) is 6. The van der Waals surface area contributed by atoms with Crippen molar-refractivity contribution >= 4 is 27.4 Å². The topological polar surface area (TPSA) is 119 Å². The van der Waals surface area contributed by atoms with Crippen LogP contribution in [-0.2, 0) is 27.8 Å². The van der Waals surface area contributed by atoms with Crippen LogP contribution in [0.4, 0.5) is 11.5 Å². The maximum Gasteiger partial charge on any atom is 0.381 e. The summed E-state index contributed by atoms with van der Waals surface area (Å²) in [5.74, 6) is -0.546. The summed E-state index contributed by atoms with van der Waals surface area (Å²) < 4.78 is 28.7. The van der Waals surface area contributed by atoms with Gasteiger partial charge in [-0.3, -0.25) is 4.79 Å². The number of sulfonamides is 1. The molecule has 3 heterocycles. The molecule has 29 heavy (non-hydrogen) atoms. The number of amides is 1. The monoisotopic (exact) mass is 419 g/mol. The van der Waals surface area contributed by atoms with E-state index < -0.39 is 14.9 Å². The number of carbonyl (C=O) groups excluding carboxylic acids is 1. The van der Waals surface area contributed by atoms with Crippen molar-refractivity contribution in [3.05, 3.63) is 46.4 Å². The Morgan fingerprint density at radius 1 is 1.17 bits per heavy atom. The van der Waals surface area contributed by atoms with Gasteiger partial charge in [-0.25, -0.2) is 8.42 Å². The summed E-state index contributed by atoms with van der Waals surface area (Å²) in [5.41, 5.74) is 1.50. The predicted molar refractivity (Wildman–Crippen MR) is 104 cm³/mol. The van der Waals surface area contributed by atoms with E-state index >= 15 is 0 Å². The van der Waals surface area contributed by atoms with Gasteiger partial charge < -0.3 is 19.6 Å². The molecule has 2 aromatic rings. The van der Waals surface area contributed by atoms with Crippen LogP contribution in [0, 0.1) is 10.1 Å². The van der Waals surface area contributed by atoms with Gasteiger partial charge in [-0.05, 0) is 52.9 Å². The number of aromatic nitrogens is 2. The van der Waals surface area contributed by atoms with Crippen LogP contribution in [0.2, 0.25) is 0 Å². The van der Waals surface area contributed by atoms with Crippen LogP contribution < -0.4 is 4.90 Å². The molecule has 2 aliphatic heterocycles. The number of nitrogens with zero attached hydrogens (tertiary/aromatic N) is 5. The Kier molecular flexibility index (Phi) is 5.09. The number of imidazole rings is 1. The zero-order chi connectivity index (χ0) is 20.6. The Labute approximate surface area is 167 Å². The number of fused-ring (bicyclic) bond motifs is 1. The molecule has 0 aliphatic carbocycles. The average molecular weight is 419 g/mol. The van der Waals surface area contributed by atoms with Gasteiger partial charge in [-0.1, -0.05) is 6.42 Å². The number of nitro groups is 1. The first-order valence-electron chi connectivity index (χ1n) is 9.46. The van der Waals surface area contributed by atoms with Gasteiger partial charge in [0.1, 0.15) is 12.7 Å². The summed E-state index contributed by atoms with van der Waals surface area (Å²) in [7, 11) is -3.52. The highest BCUT2D eigenvalue weighted by atomic mass is 32.2. The lowest BCUT2D eigenvalue weighted by molar-refractivity contribution is -0.389. The second kappa shape index (κ2) is 7.56. The highest BCUT2D eigenvalue weighted by molar-refractivity contribution is 7.89. The van der Waals surface area contributed by atoms with Crippen molar-refractivity contribution in [2.45, 2.75) is 37.1 Å². The molecule has 1 amide bonds. The molecule has 0 bridgehead atoms. The molecule has 0 radical (unpaired) electrons. The molecule has 4 rings (SSSR count). The van der Waals surface area contributed by atoms with E-state index in [4.69, 9.17) is 0 Å². The van der Waals surface area contributed by atoms with E-state index in [0.717, 1.165) is 24.8 Å². The Bertz CT molecular complexity index is 1060. The fourth-order valence-electron chi connectivity index (χ4n) is 3.82. The van der Waals surface area contributed by atoms with Crippen LogP contribution in [-0.4, -0.2) is 52.7 Å². The fourth-order valence-corrected chi connectivity index (χ4v) is 5.39. The molecular formula is C18H21N5O5S. The van der Waals surface area contributed by atoms with Crippen LogP contribution >= 0.6 is 0 Å². The van der Waals surface area contributed by atoms with E-state index in [2.05, 4.69) is 4.98 Å². The van der Waals surface area contributed by atoms with Gasteiger partial charge in [0.15, 0.2) is 0 Å². The summed E-state index contributed by atoms with van der Waals surface area (Å²) >= 11 is 0. The first kappa shape index (κ1) is 19.5. The van der Waals surface area contributed by atoms with Crippen molar-refractivity contribution in [3.8, 4) is 0 Å². The van der Waals surface area contributed by atoms with E-state index in [1.54, 1.807) is 23.1 Å². The van der Waals surface area contributed by atoms with Gasteiger partial charge in [0.2, 0.25) is 22.3 Å². The standard InChI is InChI=1S/C18H21N5O5S/c24-18(12-20-11-17(19-13-20)23(25)26)22-9-6-14-10-15(4-5-16(14)22)29(27,28)21-7-2-1-3-8-21/h4-5,10-11,13H,1-3,6-9,12H2. The first-order chi connectivity index (χ1) is 13.9. The molecule has 0 N–H and O–H groups in total. The third-order valence-electron chi connectivity index (χ3n) is 5.32. The zero-order valence-corrected chi connectivity index (χ0v) is 16.5. The minimum atomic E-state index is -3.52. The van der Waals surface area contributed by atoms with Crippen LogP contribution in [0.3, 0.4) is 0 Å². The Balaban J connectivity index is 1.51. The largest absolute Gasteiger partial charge is 0.381 e. The minimum Gasteiger partial charge on any atom is -0.358 e. The first-order valence-corrected chi connectivity index (χ1v) is 10.9. The van der Waals surface area contributed by atoms with Gasteiger partial charge in [-0.15, -0.1) is 0 Å². The highest BCUT2D eigenvalue weighted by Gasteiger charge is 2.30. The molecule has 0 spiro atoms. The van der Waals surface area contributed by atoms with E-state index in [-0.39, 0.29) is 23.2 Å². The molecule has 0 saturated carbocycles. The Hall–Kier alpha value is -2.79. The van der Waals surface area contributed by atoms with Crippen molar-refractivity contribution in [2.75, 3.05) is 24.5 Å². The van der Waals surface area contributed by atoms with Gasteiger partial charge in [0, 0.05) is 25.3 Å². The van der Waals surface area contributed by atoms with E-state index in [1.807, 2.05) is 0 Å². The van der Waals surface area contributed by atoms with Gasteiger partial charge >= 0.3 is 5.82 Å². The van der Waals surface area contributed by atoms with Crippen molar-refractivity contribution in [2.24, 2.45) is 0 Å². The van der Waals surface area contributed by atoms with Crippen LogP contribution in [0.15, 0.2) is 35.6 Å². The number of benzene rings is 1. The lowest BCUT2D eigenvalue weighted by atomic mass is 10.2. The number of hydrogen-bond donors (Lipinski definition) is 0. The van der Waals surface area contributed by atoms with Crippen LogP contribution in [0.25, 0.3) is 0 Å². The minimum absolute atomic E-state index is 0.0753. The molecule has 1 saturated heterocycles. The molecule has 1 fully saturated rings. The predicted octanol–water partition coefficient (Wildman–Crippen LogP) is 1.56. The smallest absolute Gasteiger partial charge is 0.358 e. The normalized spacial score (nSPS) is 17.3. The Morgan fingerprint density at radius 2 is 1.93 bits per heavy atom. The Morgan fingerprint density at radius 3 is 2.62 bits per heavy atom. The maximum absolute atomic E-state index is 12.9. The summed E-state index contributed by atoms with van der Waals surface area (Å²) in [6, 6.07) is 4.89. The second-order valence-corrected chi connectivity index (χ2v) is 9.15. The van der Waals surface area contributed by atoms with Crippen molar-refractivity contribution in [1.29, 1.82) is 0 Å². The van der Waals surface area contributed by atoms with Crippen LogP contribution in [0.5, 0.6) is 0 Å². The maximum atomic E-state index is 12.9. The summed E-state index contributed by atoms with van der Waals surface area (Å²) in [6.07, 6.45) is 5.82. The van der Waals surface area contributed by atoms with Gasteiger partial charge in [-0.2, -0.15) is 4.31 Å². The summed E-state index contributed by atoms with van der Waals surface area (Å²) in [6.45, 7) is 1.45. The van der Waals surface area contributed by atoms with Gasteiger partial charge in [0.25, 0.3) is 0 Å². The third kappa shape index (κ3) is 3.75. The number of rotatable bonds is 5. The quantitative estimate of drug-likeness (QED) is 0.536. The molecule has 1 aromatic carbocycles. The van der Waals surface area contributed by atoms with Crippen molar-refractivity contribution < 1.29 is 18.1 Å².